The van der Waals surface area contributed by atoms with Gasteiger partial charge in [-0.15, -0.1) is 0 Å². The summed E-state index contributed by atoms with van der Waals surface area (Å²) in [4.78, 5) is 11.4. The van der Waals surface area contributed by atoms with Gasteiger partial charge in [-0.25, -0.2) is 9.03 Å². The largest absolute Gasteiger partial charge is 0.506 e. The zero-order valence-electron chi connectivity index (χ0n) is 13.6. The van der Waals surface area contributed by atoms with E-state index in [1.54, 1.807) is 31.6 Å². The number of nitrogens with one attached hydrogen (secondary N) is 1. The molecule has 4 rings (SSSR count). The molecule has 2 aromatic carbocycles. The van der Waals surface area contributed by atoms with Crippen LogP contribution in [0.3, 0.4) is 0 Å². The molecule has 1 fully saturated rings. The molecule has 0 saturated carbocycles. The van der Waals surface area contributed by atoms with Gasteiger partial charge in [0.05, 0.1) is 19.1 Å². The van der Waals surface area contributed by atoms with Crippen molar-refractivity contribution in [3.8, 4) is 22.6 Å². The number of phenolic OH excluding ortho intramolecular Hbond substituents is 1. The van der Waals surface area contributed by atoms with Gasteiger partial charge in [-0.3, -0.25) is 4.79 Å². The maximum Gasteiger partial charge on any atom is 0.326 e. The molecule has 0 bridgehead atoms. The quantitative estimate of drug-likeness (QED) is 0.726. The van der Waals surface area contributed by atoms with Crippen LogP contribution in [0.2, 0.25) is 0 Å². The molecule has 1 amide bonds. The van der Waals surface area contributed by atoms with E-state index in [-0.39, 0.29) is 18.0 Å². The topological polar surface area (TPSA) is 109 Å². The third-order valence-electron chi connectivity index (χ3n) is 4.16. The lowest BCUT2D eigenvalue weighted by Gasteiger charge is -2.16. The van der Waals surface area contributed by atoms with Gasteiger partial charge < -0.3 is 14.3 Å². The molecule has 0 radical (unpaired) electrons. The van der Waals surface area contributed by atoms with Crippen molar-refractivity contribution in [2.75, 3.05) is 18.0 Å². The van der Waals surface area contributed by atoms with E-state index in [4.69, 9.17) is 9.15 Å². The van der Waals surface area contributed by atoms with Crippen LogP contribution in [0.25, 0.3) is 22.1 Å². The predicted octanol–water partition coefficient (Wildman–Crippen LogP) is 1.99. The van der Waals surface area contributed by atoms with Gasteiger partial charge >= 0.3 is 10.2 Å². The summed E-state index contributed by atoms with van der Waals surface area (Å²) in [6, 6.07) is 9.92. The smallest absolute Gasteiger partial charge is 0.326 e. The van der Waals surface area contributed by atoms with E-state index in [2.05, 4.69) is 0 Å². The Labute approximate surface area is 148 Å². The van der Waals surface area contributed by atoms with E-state index in [0.717, 1.165) is 15.3 Å². The third-order valence-corrected chi connectivity index (χ3v) is 5.55. The van der Waals surface area contributed by atoms with Crippen LogP contribution >= 0.6 is 0 Å². The van der Waals surface area contributed by atoms with Crippen molar-refractivity contribution in [3.63, 3.8) is 0 Å². The van der Waals surface area contributed by atoms with E-state index in [1.807, 2.05) is 10.8 Å². The third kappa shape index (κ3) is 2.53. The van der Waals surface area contributed by atoms with Gasteiger partial charge in [-0.05, 0) is 29.8 Å². The highest BCUT2D eigenvalue weighted by Gasteiger charge is 2.35. The number of furan rings is 1. The number of fused-ring (bicyclic) bond motifs is 1. The monoisotopic (exact) mass is 374 g/mol. The molecule has 134 valence electrons. The summed E-state index contributed by atoms with van der Waals surface area (Å²) in [6.45, 7) is -0.371. The molecule has 8 nitrogen and oxygen atoms in total. The van der Waals surface area contributed by atoms with Crippen LogP contribution < -0.4 is 13.8 Å². The fourth-order valence-electron chi connectivity index (χ4n) is 2.92. The summed E-state index contributed by atoms with van der Waals surface area (Å²) in [5.74, 6) is -0.248. The molecule has 1 aromatic heterocycles. The summed E-state index contributed by atoms with van der Waals surface area (Å²) < 4.78 is 37.3. The lowest BCUT2D eigenvalue weighted by atomic mass is 10.0. The van der Waals surface area contributed by atoms with Crippen LogP contribution in [-0.4, -0.2) is 33.1 Å². The Kier molecular flexibility index (Phi) is 3.55. The molecule has 0 spiro atoms. The Morgan fingerprint density at radius 2 is 2.04 bits per heavy atom. The predicted molar refractivity (Wildman–Crippen MR) is 94.3 cm³/mol. The number of carbonyl (C=O) groups excluding carboxylic acids is 1. The second-order valence-corrected chi connectivity index (χ2v) is 7.35. The van der Waals surface area contributed by atoms with Crippen molar-refractivity contribution in [1.29, 1.82) is 0 Å². The van der Waals surface area contributed by atoms with Gasteiger partial charge in [-0.2, -0.15) is 8.42 Å². The first-order chi connectivity index (χ1) is 12.4. The SMILES string of the molecule is COc1ccc2c(-c3ccc(N4CC(=O)NS4(=O)=O)c(O)c3)coc2c1. The average molecular weight is 374 g/mol. The van der Waals surface area contributed by atoms with E-state index < -0.39 is 16.1 Å². The van der Waals surface area contributed by atoms with Gasteiger partial charge in [-0.1, -0.05) is 6.07 Å². The van der Waals surface area contributed by atoms with Gasteiger partial charge in [0.1, 0.15) is 23.6 Å². The number of anilines is 1. The minimum atomic E-state index is -3.98. The Hall–Kier alpha value is -3.20. The first-order valence-corrected chi connectivity index (χ1v) is 9.05. The molecule has 1 saturated heterocycles. The number of nitrogens with zero attached hydrogens (tertiary/aromatic N) is 1. The van der Waals surface area contributed by atoms with Crippen molar-refractivity contribution >= 4 is 32.8 Å². The standard InChI is InChI=1S/C17H14N2O6S/c1-24-11-3-4-12-13(9-25-16(12)7-11)10-2-5-14(15(20)6-10)19-8-17(21)18-26(19,22)23/h2-7,9,20H,8H2,1H3,(H,18,21). The number of methoxy groups -OCH3 is 1. The van der Waals surface area contributed by atoms with Crippen molar-refractivity contribution in [1.82, 2.24) is 4.72 Å². The summed E-state index contributed by atoms with van der Waals surface area (Å²) in [7, 11) is -2.42. The summed E-state index contributed by atoms with van der Waals surface area (Å²) in [5, 5.41) is 11.2. The zero-order chi connectivity index (χ0) is 18.5. The number of phenols is 1. The van der Waals surface area contributed by atoms with Crippen LogP contribution in [0, 0.1) is 0 Å². The van der Waals surface area contributed by atoms with E-state index in [9.17, 15) is 18.3 Å². The van der Waals surface area contributed by atoms with Crippen LogP contribution in [0.5, 0.6) is 11.5 Å². The van der Waals surface area contributed by atoms with Crippen LogP contribution in [0.4, 0.5) is 5.69 Å². The molecular weight excluding hydrogens is 360 g/mol. The van der Waals surface area contributed by atoms with Crippen molar-refractivity contribution in [2.45, 2.75) is 0 Å². The van der Waals surface area contributed by atoms with E-state index in [0.29, 0.717) is 16.9 Å². The molecule has 0 aliphatic carbocycles. The zero-order valence-corrected chi connectivity index (χ0v) is 14.4. The van der Waals surface area contributed by atoms with E-state index >= 15 is 0 Å². The highest BCUT2D eigenvalue weighted by atomic mass is 32.2. The van der Waals surface area contributed by atoms with Gasteiger partial charge in [0.15, 0.2) is 0 Å². The minimum absolute atomic E-state index is 0.0292. The lowest BCUT2D eigenvalue weighted by molar-refractivity contribution is -0.117. The molecular formula is C17H14N2O6S. The Morgan fingerprint density at radius 3 is 2.69 bits per heavy atom. The van der Waals surface area contributed by atoms with Crippen LogP contribution in [0.15, 0.2) is 47.1 Å². The maximum absolute atomic E-state index is 11.9. The van der Waals surface area contributed by atoms with Gasteiger partial charge in [0, 0.05) is 17.0 Å². The molecule has 1 aliphatic heterocycles. The first kappa shape index (κ1) is 16.3. The Morgan fingerprint density at radius 1 is 1.23 bits per heavy atom. The molecule has 0 atom stereocenters. The van der Waals surface area contributed by atoms with Crippen molar-refractivity contribution < 1.29 is 27.5 Å². The summed E-state index contributed by atoms with van der Waals surface area (Å²) in [5.41, 5.74) is 2.04. The maximum atomic E-state index is 11.9. The number of rotatable bonds is 3. The van der Waals surface area contributed by atoms with E-state index in [1.165, 1.54) is 12.1 Å². The molecule has 2 N–H and O–H groups in total. The highest BCUT2D eigenvalue weighted by Crippen LogP contribution is 2.38. The van der Waals surface area contributed by atoms with Crippen LogP contribution in [0.1, 0.15) is 0 Å². The number of carbonyl (C=O) groups is 1. The number of amides is 1. The molecule has 1 aliphatic rings. The number of ether oxygens (including phenoxy) is 1. The number of hydrogen-bond donors (Lipinski definition) is 2. The Balaban J connectivity index is 1.76. The summed E-state index contributed by atoms with van der Waals surface area (Å²) >= 11 is 0. The fraction of sp³-hybridized carbons (Fsp3) is 0.118. The van der Waals surface area contributed by atoms with Crippen LogP contribution in [-0.2, 0) is 15.0 Å². The first-order valence-electron chi connectivity index (χ1n) is 7.61. The fourth-order valence-corrected chi connectivity index (χ4v) is 4.09. The minimum Gasteiger partial charge on any atom is -0.506 e. The van der Waals surface area contributed by atoms with Gasteiger partial charge in [0.25, 0.3) is 5.91 Å². The van der Waals surface area contributed by atoms with Crippen molar-refractivity contribution in [3.05, 3.63) is 42.7 Å². The second-order valence-electron chi connectivity index (χ2n) is 5.75. The lowest BCUT2D eigenvalue weighted by Crippen LogP contribution is -2.29. The molecule has 3 aromatic rings. The second kappa shape index (κ2) is 5.67. The molecule has 26 heavy (non-hydrogen) atoms. The highest BCUT2D eigenvalue weighted by molar-refractivity contribution is 7.92. The molecule has 9 heteroatoms. The Bertz CT molecular complexity index is 1140. The summed E-state index contributed by atoms with van der Waals surface area (Å²) in [6.07, 6.45) is 1.55. The normalized spacial score (nSPS) is 16.0. The molecule has 0 unspecified atom stereocenters. The number of aromatic hydroxyl groups is 1. The number of hydrogen-bond acceptors (Lipinski definition) is 6. The molecule has 2 heterocycles. The average Bonchev–Trinajstić information content (AvgIpc) is 3.13. The van der Waals surface area contributed by atoms with Crippen molar-refractivity contribution in [2.24, 2.45) is 0 Å². The van der Waals surface area contributed by atoms with Gasteiger partial charge in [0.2, 0.25) is 0 Å². The number of benzene rings is 2.